The van der Waals surface area contributed by atoms with Crippen molar-refractivity contribution in [3.05, 3.63) is 337 Å². The van der Waals surface area contributed by atoms with E-state index in [1.807, 2.05) is 170 Å². The lowest BCUT2D eigenvalue weighted by molar-refractivity contribution is 0.0837. The molecule has 8 aromatic heterocycles. The molecule has 0 aliphatic carbocycles. The molecular weight excluding hydrogens is 1810 g/mol. The number of fused-ring (bicyclic) bond motifs is 12. The van der Waals surface area contributed by atoms with Crippen LogP contribution in [0.4, 0.5) is 23.6 Å². The van der Waals surface area contributed by atoms with Crippen LogP contribution in [0.15, 0.2) is 244 Å². The Balaban J connectivity index is 0.000000121. The highest BCUT2D eigenvalue weighted by atomic mass is 35.5. The van der Waals surface area contributed by atoms with Gasteiger partial charge in [-0.2, -0.15) is 25.2 Å². The lowest BCUT2D eigenvalue weighted by Gasteiger charge is -2.35. The molecule has 4 atom stereocenters. The number of rotatable bonds is 22. The molecule has 4 aliphatic rings. The molecule has 4 N–H and O–H groups in total. The van der Waals surface area contributed by atoms with Gasteiger partial charge < -0.3 is 57.8 Å². The van der Waals surface area contributed by atoms with Crippen molar-refractivity contribution < 1.29 is 61.5 Å². The van der Waals surface area contributed by atoms with Crippen LogP contribution in [0.2, 0.25) is 20.1 Å². The van der Waals surface area contributed by atoms with Gasteiger partial charge in [0.15, 0.2) is 0 Å². The minimum Gasteiger partial charge on any atom is -0.497 e. The minimum absolute atomic E-state index is 0.189. The average Bonchev–Trinajstić information content (AvgIpc) is 1.63. The first-order chi connectivity index (χ1) is 66.0. The van der Waals surface area contributed by atoms with Crippen molar-refractivity contribution in [3.8, 4) is 28.7 Å². The Morgan fingerprint density at radius 2 is 0.763 bits per heavy atom. The zero-order chi connectivity index (χ0) is 93.0. The van der Waals surface area contributed by atoms with E-state index >= 15 is 0 Å². The topological polar surface area (TPSA) is 341 Å². The van der Waals surface area contributed by atoms with Crippen LogP contribution in [0.5, 0.6) is 28.7 Å². The molecule has 21 rings (SSSR count). The smallest absolute Gasteiger partial charge is 0.416 e. The van der Waals surface area contributed by atoms with Crippen molar-refractivity contribution in [2.75, 3.05) is 73.9 Å². The maximum absolute atomic E-state index is 13.5. The summed E-state index contributed by atoms with van der Waals surface area (Å²) in [6.07, 6.45) is 14.6. The van der Waals surface area contributed by atoms with Crippen LogP contribution in [-0.2, 0) is 66.1 Å². The molecular formula is C98H91Cl4FN20O12. The van der Waals surface area contributed by atoms with E-state index in [4.69, 9.17) is 84.3 Å². The number of nitrogens with one attached hydrogen (secondary N) is 4. The highest BCUT2D eigenvalue weighted by molar-refractivity contribution is 6.32. The molecule has 9 aromatic carbocycles. The molecule has 0 bridgehead atoms. The van der Waals surface area contributed by atoms with Gasteiger partial charge in [0, 0.05) is 132 Å². The first-order valence-electron chi connectivity index (χ1n) is 43.7. The predicted molar refractivity (Wildman–Crippen MR) is 504 cm³/mol. The second-order valence-corrected chi connectivity index (χ2v) is 33.8. The molecule has 12 heterocycles. The van der Waals surface area contributed by atoms with Gasteiger partial charge in [0.05, 0.1) is 66.2 Å². The number of halogens is 5. The summed E-state index contributed by atoms with van der Waals surface area (Å²) >= 11 is 25.1. The van der Waals surface area contributed by atoms with E-state index < -0.39 is 18.0 Å². The highest BCUT2D eigenvalue weighted by Crippen LogP contribution is 2.46. The fourth-order valence-corrected chi connectivity index (χ4v) is 18.4. The monoisotopic (exact) mass is 1900 g/mol. The SMILES string of the molecule is COc1ccc(C2c3[nH]c4ccc(Cl)cc4c3CCN2C(=O)OCCn2ccnn2)cc1.COc1ccc(C2c3[nH]c4ccc(Cl)cc4c3CCN2C(=O)OCCn2cncn2)cc1.COc1ccc(C2c3[nH]c4ccc(Cl)cc4c3CCN2C(=O)OCCn2nccn2)cc1.O=C(Oc1ccc(F)cc1)N1CCc2c([nH]c3ccc(Cl)cc23)C1c1cccc(OCCCn2cncn2)c1. The van der Waals surface area contributed by atoms with Crippen molar-refractivity contribution in [1.29, 1.82) is 0 Å². The third-order valence-corrected chi connectivity index (χ3v) is 25.0. The molecule has 0 saturated heterocycles. The number of methoxy groups -OCH3 is 3. The molecule has 37 heteroatoms. The molecule has 0 radical (unpaired) electrons. The van der Waals surface area contributed by atoms with Gasteiger partial charge in [-0.3, -0.25) is 24.3 Å². The molecule has 32 nitrogen and oxygen atoms in total. The molecule has 135 heavy (non-hydrogen) atoms. The lowest BCUT2D eigenvalue weighted by atomic mass is 9.92. The number of aryl methyl sites for hydroxylation is 1. The number of aromatic amines is 4. The number of carbonyl (C=O) groups excluding carboxylic acids is 4. The van der Waals surface area contributed by atoms with Crippen molar-refractivity contribution >= 4 is 114 Å². The summed E-state index contributed by atoms with van der Waals surface area (Å²) in [7, 11) is 4.90. The first kappa shape index (κ1) is 90.6. The molecule has 4 unspecified atom stereocenters. The van der Waals surface area contributed by atoms with Gasteiger partial charge in [0.25, 0.3) is 0 Å². The van der Waals surface area contributed by atoms with Crippen LogP contribution in [0.25, 0.3) is 43.6 Å². The zero-order valence-electron chi connectivity index (χ0n) is 73.4. The number of hydrogen-bond acceptors (Lipinski definition) is 20. The van der Waals surface area contributed by atoms with Gasteiger partial charge in [-0.25, -0.2) is 42.9 Å². The quantitative estimate of drug-likeness (QED) is 0.0362. The van der Waals surface area contributed by atoms with Gasteiger partial charge in [0.1, 0.15) is 104 Å². The summed E-state index contributed by atoms with van der Waals surface area (Å²) in [4.78, 5) is 83.2. The summed E-state index contributed by atoms with van der Waals surface area (Å²) in [5.41, 5.74) is 16.2. The lowest BCUT2D eigenvalue weighted by Crippen LogP contribution is -2.42. The van der Waals surface area contributed by atoms with Crippen LogP contribution in [-0.4, -0.2) is 197 Å². The van der Waals surface area contributed by atoms with Crippen molar-refractivity contribution in [2.24, 2.45) is 0 Å². The van der Waals surface area contributed by atoms with E-state index in [0.29, 0.717) is 110 Å². The molecule has 0 saturated carbocycles. The normalized spacial score (nSPS) is 15.3. The maximum atomic E-state index is 13.5. The predicted octanol–water partition coefficient (Wildman–Crippen LogP) is 18.8. The number of carbonyl (C=O) groups is 4. The van der Waals surface area contributed by atoms with Crippen LogP contribution < -0.4 is 23.7 Å². The number of nitrogens with zero attached hydrogens (tertiary/aromatic N) is 16. The third kappa shape index (κ3) is 20.5. The summed E-state index contributed by atoms with van der Waals surface area (Å²) in [6, 6.07) is 58.2. The molecule has 0 fully saturated rings. The van der Waals surface area contributed by atoms with E-state index in [1.165, 1.54) is 58.4 Å². The van der Waals surface area contributed by atoms with Gasteiger partial charge in [-0.05, 0) is 216 Å². The summed E-state index contributed by atoms with van der Waals surface area (Å²) in [5.74, 6) is 2.85. The first-order valence-corrected chi connectivity index (χ1v) is 45.2. The van der Waals surface area contributed by atoms with Gasteiger partial charge >= 0.3 is 24.4 Å². The van der Waals surface area contributed by atoms with Gasteiger partial charge in [-0.1, -0.05) is 100 Å². The van der Waals surface area contributed by atoms with E-state index in [0.717, 1.165) is 118 Å². The average molecular weight is 1900 g/mol. The molecule has 4 amide bonds. The van der Waals surface area contributed by atoms with E-state index in [-0.39, 0.29) is 62.0 Å². The summed E-state index contributed by atoms with van der Waals surface area (Å²) < 4.78 is 62.8. The Morgan fingerprint density at radius 1 is 0.385 bits per heavy atom. The van der Waals surface area contributed by atoms with Crippen LogP contribution in [0.3, 0.4) is 0 Å². The second-order valence-electron chi connectivity index (χ2n) is 32.1. The summed E-state index contributed by atoms with van der Waals surface area (Å²) in [6.45, 7) is 5.13. The largest absolute Gasteiger partial charge is 0.497 e. The summed E-state index contributed by atoms with van der Waals surface area (Å²) in [5, 5.41) is 30.9. The Labute approximate surface area is 792 Å². The second kappa shape index (κ2) is 41.5. The van der Waals surface area contributed by atoms with Crippen LogP contribution in [0.1, 0.15) is 97.9 Å². The number of H-pyrrole nitrogens is 4. The Hall–Kier alpha value is -14.9. The fourth-order valence-electron chi connectivity index (χ4n) is 17.8. The van der Waals surface area contributed by atoms with Gasteiger partial charge in [-0.15, -0.1) is 5.10 Å². The number of ether oxygens (including phenoxy) is 8. The number of aromatic nitrogens is 16. The van der Waals surface area contributed by atoms with Gasteiger partial charge in [0.2, 0.25) is 0 Å². The highest BCUT2D eigenvalue weighted by Gasteiger charge is 2.41. The third-order valence-electron chi connectivity index (χ3n) is 24.1. The molecule has 17 aromatic rings. The van der Waals surface area contributed by atoms with Crippen molar-refractivity contribution in [2.45, 2.75) is 82.5 Å². The Morgan fingerprint density at radius 3 is 1.15 bits per heavy atom. The van der Waals surface area contributed by atoms with Crippen molar-refractivity contribution in [1.82, 2.24) is 99.1 Å². The standard InChI is InChI=1S/C29H25ClFN5O3.3C23H22ClN5O3/c30-20-5-10-26-25(16-20)24-11-13-36(29(37)39-22-8-6-21(31)7-9-22)28(27(24)34-26)19-3-1-4-23(15-19)38-14-2-12-35-18-32-17-33-35;1-31-17-5-2-15(3-6-17)22-21-18(19-14-16(24)4-7-20(19)27-21)8-11-28(22)23(30)32-13-12-29-25-9-10-26-29;1-31-17-5-2-15(3-6-17)22-21-18(19-14-16(24)4-7-20(19)26-21)8-10-29(22)23(30)32-13-12-28-11-9-25-27-28;1-31-17-5-2-15(3-6-17)22-21-18(19-12-16(24)4-7-20(19)27-21)8-9-29(22)23(30)32-11-10-28-14-25-13-26-28/h1,3-10,15-18,28,34H,2,11-14H2;2-7,9-10,14,22,27H,8,11-13H2,1H3;2-7,9,11,14,22,26H,8,10,12-13H2,1H3;2-7,12-14,22,27H,8-11H2,1H3. The Kier molecular flexibility index (Phi) is 27.8. The molecule has 4 aliphatic heterocycles. The van der Waals surface area contributed by atoms with Crippen molar-refractivity contribution in [3.63, 3.8) is 0 Å². The Bertz CT molecular complexity index is 6500. The zero-order valence-corrected chi connectivity index (χ0v) is 76.4. The van der Waals surface area contributed by atoms with E-state index in [1.54, 1.807) is 92.4 Å². The number of amides is 4. The van der Waals surface area contributed by atoms with E-state index in [2.05, 4.69) is 60.6 Å². The fraction of sp³-hybridized carbons (Fsp3) is 0.245. The molecule has 0 spiro atoms. The number of hydrogen-bond donors (Lipinski definition) is 4. The number of benzene rings is 9. The van der Waals surface area contributed by atoms with E-state index in [9.17, 15) is 23.6 Å². The molecule has 690 valence electrons. The minimum atomic E-state index is -0.520. The van der Waals surface area contributed by atoms with Crippen LogP contribution in [0, 0.1) is 5.82 Å². The van der Waals surface area contributed by atoms with Crippen LogP contribution >= 0.6 is 46.4 Å². The maximum Gasteiger partial charge on any atom is 0.416 e.